The van der Waals surface area contributed by atoms with Crippen LogP contribution in [0.25, 0.3) is 0 Å². The third-order valence-electron chi connectivity index (χ3n) is 7.56. The van der Waals surface area contributed by atoms with Crippen molar-refractivity contribution in [2.24, 2.45) is 11.8 Å². The molecule has 1 spiro atoms. The summed E-state index contributed by atoms with van der Waals surface area (Å²) in [5, 5.41) is 11.2. The number of nitro groups is 1. The Balaban J connectivity index is 1.53. The number of non-ortho nitro benzene ring substituents is 1. The number of carbonyl (C=O) groups excluding carboxylic acids is 4. The van der Waals surface area contributed by atoms with Crippen molar-refractivity contribution in [3.63, 3.8) is 0 Å². The minimum absolute atomic E-state index is 0.154. The van der Waals surface area contributed by atoms with Crippen molar-refractivity contribution in [3.05, 3.63) is 105 Å². The molecule has 3 aliphatic rings. The number of nitrogens with zero attached hydrogens (tertiary/aromatic N) is 2. The van der Waals surface area contributed by atoms with Crippen LogP contribution < -0.4 is 4.90 Å². The molecule has 3 aromatic rings. The Hall–Kier alpha value is -4.50. The van der Waals surface area contributed by atoms with E-state index in [4.69, 9.17) is 4.74 Å². The second-order valence-electron chi connectivity index (χ2n) is 9.63. The molecule has 2 saturated heterocycles. The van der Waals surface area contributed by atoms with Crippen LogP contribution in [-0.2, 0) is 14.3 Å². The van der Waals surface area contributed by atoms with E-state index in [0.717, 1.165) is 10.5 Å². The Morgan fingerprint density at radius 3 is 2.05 bits per heavy atom. The average molecular weight is 496 g/mol. The zero-order valence-corrected chi connectivity index (χ0v) is 19.8. The summed E-state index contributed by atoms with van der Waals surface area (Å²) in [6.45, 7) is 3.45. The second-order valence-corrected chi connectivity index (χ2v) is 9.63. The van der Waals surface area contributed by atoms with Gasteiger partial charge in [0.05, 0.1) is 28.6 Å². The lowest BCUT2D eigenvalue weighted by atomic mass is 9.77. The van der Waals surface area contributed by atoms with E-state index in [9.17, 15) is 29.3 Å². The summed E-state index contributed by atoms with van der Waals surface area (Å²) in [5.41, 5.74) is -0.00671. The summed E-state index contributed by atoms with van der Waals surface area (Å²) in [5.74, 6) is -5.15. The van der Waals surface area contributed by atoms with E-state index in [1.165, 1.54) is 30.3 Å². The van der Waals surface area contributed by atoms with Crippen molar-refractivity contribution in [1.82, 2.24) is 0 Å². The normalized spacial score (nSPS) is 23.6. The highest BCUT2D eigenvalue weighted by Gasteiger charge is 2.74. The maximum absolute atomic E-state index is 14.0. The van der Waals surface area contributed by atoms with E-state index >= 15 is 0 Å². The molecule has 3 aromatic carbocycles. The monoisotopic (exact) mass is 496 g/mol. The summed E-state index contributed by atoms with van der Waals surface area (Å²) < 4.78 is 6.26. The van der Waals surface area contributed by atoms with Gasteiger partial charge in [-0.2, -0.15) is 0 Å². The summed E-state index contributed by atoms with van der Waals surface area (Å²) >= 11 is 0. The highest BCUT2D eigenvalue weighted by atomic mass is 16.6. The van der Waals surface area contributed by atoms with Gasteiger partial charge in [0.2, 0.25) is 29.0 Å². The first-order valence-electron chi connectivity index (χ1n) is 11.7. The number of ether oxygens (including phenoxy) is 1. The van der Waals surface area contributed by atoms with Gasteiger partial charge >= 0.3 is 0 Å². The SMILES string of the molecule is Cc1ccc([C@@H]2OC3(C(=O)c4ccccc4C3=O)[C@H]3C(=O)N(c4ccc([N+](=O)[O-])cc4C)C(=O)[C@@H]23)cc1. The molecule has 0 unspecified atom stereocenters. The summed E-state index contributed by atoms with van der Waals surface area (Å²) in [6.07, 6.45) is -1.02. The van der Waals surface area contributed by atoms with Crippen molar-refractivity contribution in [2.75, 3.05) is 4.90 Å². The Morgan fingerprint density at radius 2 is 1.49 bits per heavy atom. The number of fused-ring (bicyclic) bond motifs is 3. The number of carbonyl (C=O) groups is 4. The van der Waals surface area contributed by atoms with E-state index in [1.54, 1.807) is 31.2 Å². The van der Waals surface area contributed by atoms with Crippen LogP contribution in [-0.4, -0.2) is 33.9 Å². The number of benzene rings is 3. The lowest BCUT2D eigenvalue weighted by Crippen LogP contribution is -2.51. The number of hydrogen-bond acceptors (Lipinski definition) is 7. The number of ketones is 2. The van der Waals surface area contributed by atoms with Crippen LogP contribution in [0.2, 0.25) is 0 Å². The molecule has 184 valence electrons. The number of imide groups is 1. The first kappa shape index (κ1) is 22.9. The lowest BCUT2D eigenvalue weighted by molar-refractivity contribution is -0.384. The van der Waals surface area contributed by atoms with Gasteiger partial charge in [-0.15, -0.1) is 0 Å². The Bertz CT molecular complexity index is 1520. The molecule has 0 radical (unpaired) electrons. The predicted octanol–water partition coefficient (Wildman–Crippen LogP) is 3.91. The lowest BCUT2D eigenvalue weighted by Gasteiger charge is -2.27. The fraction of sp³-hybridized carbons (Fsp3) is 0.214. The van der Waals surface area contributed by atoms with Gasteiger partial charge in [-0.25, -0.2) is 4.90 Å². The van der Waals surface area contributed by atoms with Crippen molar-refractivity contribution < 1.29 is 28.8 Å². The van der Waals surface area contributed by atoms with E-state index in [1.807, 2.05) is 19.1 Å². The molecule has 9 nitrogen and oxygen atoms in total. The van der Waals surface area contributed by atoms with Gasteiger partial charge in [-0.05, 0) is 31.0 Å². The maximum atomic E-state index is 14.0. The first-order chi connectivity index (χ1) is 17.7. The van der Waals surface area contributed by atoms with Crippen LogP contribution in [0.15, 0.2) is 66.7 Å². The van der Waals surface area contributed by atoms with Crippen molar-refractivity contribution >= 4 is 34.8 Å². The minimum atomic E-state index is -2.17. The van der Waals surface area contributed by atoms with Gasteiger partial charge in [0, 0.05) is 23.3 Å². The fourth-order valence-electron chi connectivity index (χ4n) is 5.82. The summed E-state index contributed by atoms with van der Waals surface area (Å²) in [4.78, 5) is 67.1. The van der Waals surface area contributed by atoms with E-state index < -0.39 is 51.8 Å². The van der Waals surface area contributed by atoms with Crippen LogP contribution in [0, 0.1) is 35.8 Å². The van der Waals surface area contributed by atoms with Crippen LogP contribution in [0.3, 0.4) is 0 Å². The largest absolute Gasteiger partial charge is 0.349 e. The zero-order chi connectivity index (χ0) is 26.2. The van der Waals surface area contributed by atoms with E-state index in [2.05, 4.69) is 0 Å². The number of Topliss-reactive ketones (excluding diaryl/α,β-unsaturated/α-hetero) is 2. The molecule has 2 heterocycles. The van der Waals surface area contributed by atoms with Gasteiger partial charge in [-0.1, -0.05) is 54.1 Å². The quantitative estimate of drug-likeness (QED) is 0.233. The Kier molecular flexibility index (Phi) is 4.80. The second kappa shape index (κ2) is 7.75. The Morgan fingerprint density at radius 1 is 0.865 bits per heavy atom. The van der Waals surface area contributed by atoms with Crippen molar-refractivity contribution in [1.29, 1.82) is 0 Å². The number of aryl methyl sites for hydroxylation is 2. The minimum Gasteiger partial charge on any atom is -0.349 e. The topological polar surface area (TPSA) is 124 Å². The first-order valence-corrected chi connectivity index (χ1v) is 11.7. The van der Waals surface area contributed by atoms with Crippen molar-refractivity contribution in [3.8, 4) is 0 Å². The van der Waals surface area contributed by atoms with Gasteiger partial charge in [0.15, 0.2) is 0 Å². The molecule has 0 bridgehead atoms. The maximum Gasteiger partial charge on any atom is 0.269 e. The molecule has 9 heteroatoms. The van der Waals surface area contributed by atoms with Crippen molar-refractivity contribution in [2.45, 2.75) is 25.6 Å². The number of rotatable bonds is 3. The van der Waals surface area contributed by atoms with Gasteiger partial charge < -0.3 is 4.74 Å². The van der Waals surface area contributed by atoms with Crippen LogP contribution in [0.4, 0.5) is 11.4 Å². The number of anilines is 1. The van der Waals surface area contributed by atoms with Gasteiger partial charge in [0.1, 0.15) is 0 Å². The summed E-state index contributed by atoms with van der Waals surface area (Å²) in [7, 11) is 0. The molecule has 1 aliphatic carbocycles. The number of hydrogen-bond donors (Lipinski definition) is 0. The third kappa shape index (κ3) is 2.94. The molecule has 3 atom stereocenters. The highest BCUT2D eigenvalue weighted by Crippen LogP contribution is 2.57. The average Bonchev–Trinajstić information content (AvgIpc) is 3.45. The zero-order valence-electron chi connectivity index (χ0n) is 19.8. The third-order valence-corrected chi connectivity index (χ3v) is 7.56. The number of amides is 2. The highest BCUT2D eigenvalue weighted by molar-refractivity contribution is 6.37. The van der Waals surface area contributed by atoms with Crippen LogP contribution in [0.1, 0.15) is 43.5 Å². The van der Waals surface area contributed by atoms with E-state index in [0.29, 0.717) is 11.1 Å². The molecular weight excluding hydrogens is 476 g/mol. The molecule has 37 heavy (non-hydrogen) atoms. The standard InChI is InChI=1S/C28H20N2O7/c1-14-7-9-16(10-8-14)23-21-22(28(37-23)24(31)18-5-3-4-6-19(18)25(28)32)27(34)29(26(21)33)20-12-11-17(30(35)36)13-15(20)2/h3-13,21-23H,1-2H3/t21-,22-,23+/m1/s1. The molecule has 0 saturated carbocycles. The molecule has 0 N–H and O–H groups in total. The molecule has 2 amide bonds. The van der Waals surface area contributed by atoms with Gasteiger partial charge in [-0.3, -0.25) is 29.3 Å². The molecule has 6 rings (SSSR count). The van der Waals surface area contributed by atoms with E-state index in [-0.39, 0.29) is 22.5 Å². The summed E-state index contributed by atoms with van der Waals surface area (Å²) in [6, 6.07) is 17.3. The predicted molar refractivity (Wildman–Crippen MR) is 130 cm³/mol. The Labute approximate surface area is 210 Å². The molecular formula is C28H20N2O7. The van der Waals surface area contributed by atoms with Gasteiger partial charge in [0.25, 0.3) is 5.69 Å². The van der Waals surface area contributed by atoms with Crippen LogP contribution in [0.5, 0.6) is 0 Å². The number of nitro benzene ring substituents is 1. The molecule has 2 fully saturated rings. The molecule has 0 aromatic heterocycles. The fourth-order valence-corrected chi connectivity index (χ4v) is 5.82. The van der Waals surface area contributed by atoms with Crippen LogP contribution >= 0.6 is 0 Å². The smallest absolute Gasteiger partial charge is 0.269 e. The molecule has 2 aliphatic heterocycles.